The second kappa shape index (κ2) is 9.85. The Hall–Kier alpha value is -3.53. The average molecular weight is 522 g/mol. The van der Waals surface area contributed by atoms with Gasteiger partial charge in [0.1, 0.15) is 18.2 Å². The molecule has 0 atom stereocenters. The Labute approximate surface area is 205 Å². The highest BCUT2D eigenvalue weighted by Gasteiger charge is 2.48. The van der Waals surface area contributed by atoms with E-state index in [1.165, 1.54) is 37.6 Å². The van der Waals surface area contributed by atoms with Crippen molar-refractivity contribution in [2.45, 2.75) is 19.4 Å². The lowest BCUT2D eigenvalue weighted by molar-refractivity contribution is -0.158. The van der Waals surface area contributed by atoms with Gasteiger partial charge >= 0.3 is 7.82 Å². The zero-order valence-electron chi connectivity index (χ0n) is 19.6. The molecule has 1 aliphatic rings. The van der Waals surface area contributed by atoms with Crippen LogP contribution < -0.4 is 11.1 Å². The lowest BCUT2D eigenvalue weighted by Crippen LogP contribution is -2.64. The molecule has 3 rings (SSSR count). The van der Waals surface area contributed by atoms with Crippen LogP contribution in [-0.4, -0.2) is 62.3 Å². The van der Waals surface area contributed by atoms with E-state index in [0.29, 0.717) is 0 Å². The van der Waals surface area contributed by atoms with E-state index in [0.717, 1.165) is 11.0 Å². The number of nitrogen functional groups attached to an aromatic ring is 1. The standard InChI is InChI=1S/C22H24FN4O8P/c1-5-22(9-34-10-22)27(11-35-36(31,32)33)21(30)19(28)17-12(2)18(26(4)13(17)3)20(29)25-14-6-7-15(23)16(24)8-14/h1,6-8H,9-11,24H2,2-4H3,(H,25,29)(H2,31,32,33). The van der Waals surface area contributed by atoms with Crippen molar-refractivity contribution in [3.63, 3.8) is 0 Å². The second-order valence-electron chi connectivity index (χ2n) is 8.16. The molecule has 1 fully saturated rings. The molecule has 36 heavy (non-hydrogen) atoms. The van der Waals surface area contributed by atoms with Gasteiger partial charge in [0.2, 0.25) is 0 Å². The minimum absolute atomic E-state index is 0.0446. The van der Waals surface area contributed by atoms with Crippen molar-refractivity contribution in [2.75, 3.05) is 31.0 Å². The van der Waals surface area contributed by atoms with E-state index in [9.17, 15) is 23.3 Å². The summed E-state index contributed by atoms with van der Waals surface area (Å²) in [5, 5.41) is 2.57. The predicted octanol–water partition coefficient (Wildman–Crippen LogP) is 1.10. The van der Waals surface area contributed by atoms with Crippen LogP contribution >= 0.6 is 7.82 Å². The lowest BCUT2D eigenvalue weighted by atomic mass is 9.95. The van der Waals surface area contributed by atoms with Gasteiger partial charge in [0.05, 0.1) is 24.5 Å². The van der Waals surface area contributed by atoms with Crippen molar-refractivity contribution < 1.29 is 42.4 Å². The van der Waals surface area contributed by atoms with Gasteiger partial charge in [-0.25, -0.2) is 8.96 Å². The fourth-order valence-corrected chi connectivity index (χ4v) is 4.06. The summed E-state index contributed by atoms with van der Waals surface area (Å²) < 4.78 is 35.6. The molecule has 2 amide bonds. The van der Waals surface area contributed by atoms with Gasteiger partial charge in [-0.3, -0.25) is 23.8 Å². The molecule has 1 aromatic carbocycles. The van der Waals surface area contributed by atoms with Gasteiger partial charge < -0.3 is 30.1 Å². The van der Waals surface area contributed by atoms with Crippen LogP contribution in [0.15, 0.2) is 18.2 Å². The lowest BCUT2D eigenvalue weighted by Gasteiger charge is -2.45. The number of Topliss-reactive ketones (excluding diaryl/α,β-unsaturated/α-hetero) is 1. The number of ketones is 1. The zero-order valence-corrected chi connectivity index (χ0v) is 20.5. The molecule has 1 aromatic heterocycles. The number of carbonyl (C=O) groups is 3. The summed E-state index contributed by atoms with van der Waals surface area (Å²) in [7, 11) is -3.50. The molecule has 0 saturated carbocycles. The third-order valence-electron chi connectivity index (χ3n) is 5.89. The van der Waals surface area contributed by atoms with E-state index in [2.05, 4.69) is 15.8 Å². The summed E-state index contributed by atoms with van der Waals surface area (Å²) >= 11 is 0. The molecule has 1 saturated heterocycles. The molecule has 0 radical (unpaired) electrons. The van der Waals surface area contributed by atoms with Crippen molar-refractivity contribution in [1.82, 2.24) is 9.47 Å². The molecule has 12 nitrogen and oxygen atoms in total. The number of rotatable bonds is 8. The third-order valence-corrected chi connectivity index (χ3v) is 6.34. The highest BCUT2D eigenvalue weighted by Crippen LogP contribution is 2.37. The van der Waals surface area contributed by atoms with Crippen molar-refractivity contribution in [3.8, 4) is 12.3 Å². The van der Waals surface area contributed by atoms with Gasteiger partial charge in [-0.1, -0.05) is 5.92 Å². The number of amides is 2. The Bertz CT molecular complexity index is 1340. The first-order chi connectivity index (χ1) is 16.7. The van der Waals surface area contributed by atoms with Crippen molar-refractivity contribution in [1.29, 1.82) is 0 Å². The van der Waals surface area contributed by atoms with Gasteiger partial charge in [0.25, 0.3) is 17.6 Å². The number of ether oxygens (including phenoxy) is 1. The van der Waals surface area contributed by atoms with Crippen LogP contribution in [-0.2, 0) is 25.7 Å². The summed E-state index contributed by atoms with van der Waals surface area (Å²) in [5.74, 6) is -1.24. The Balaban J connectivity index is 1.95. The highest BCUT2D eigenvalue weighted by atomic mass is 31.2. The topological polar surface area (TPSA) is 173 Å². The van der Waals surface area contributed by atoms with Crippen molar-refractivity contribution in [3.05, 3.63) is 46.5 Å². The monoisotopic (exact) mass is 522 g/mol. The quantitative estimate of drug-likeness (QED) is 0.0988. The van der Waals surface area contributed by atoms with E-state index >= 15 is 0 Å². The first-order valence-electron chi connectivity index (χ1n) is 10.4. The summed E-state index contributed by atoms with van der Waals surface area (Å²) in [6.07, 6.45) is 5.53. The van der Waals surface area contributed by atoms with Crippen LogP contribution in [0.25, 0.3) is 0 Å². The average Bonchev–Trinajstić information content (AvgIpc) is 2.99. The van der Waals surface area contributed by atoms with E-state index in [1.807, 2.05) is 0 Å². The SMILES string of the molecule is C#CC1(N(COP(=O)(O)O)C(=O)C(=O)c2c(C)c(C(=O)Nc3ccc(F)c(N)c3)n(C)c2C)COC1. The summed E-state index contributed by atoms with van der Waals surface area (Å²) in [6.45, 7) is 1.66. The number of halogens is 1. The fraction of sp³-hybridized carbons (Fsp3) is 0.318. The molecule has 0 aliphatic carbocycles. The van der Waals surface area contributed by atoms with Crippen LogP contribution in [0.5, 0.6) is 0 Å². The number of anilines is 2. The molecule has 0 bridgehead atoms. The normalized spacial score (nSPS) is 14.5. The number of carbonyl (C=O) groups excluding carboxylic acids is 3. The highest BCUT2D eigenvalue weighted by molar-refractivity contribution is 7.46. The number of nitrogens with one attached hydrogen (secondary N) is 1. The minimum Gasteiger partial charge on any atom is -0.396 e. The first kappa shape index (κ1) is 27.1. The molecule has 192 valence electrons. The number of phosphoric acid groups is 1. The number of phosphoric ester groups is 1. The summed E-state index contributed by atoms with van der Waals surface area (Å²) in [5.41, 5.74) is 4.51. The van der Waals surface area contributed by atoms with Gasteiger partial charge in [0, 0.05) is 18.4 Å². The van der Waals surface area contributed by atoms with Crippen LogP contribution in [0.4, 0.5) is 15.8 Å². The van der Waals surface area contributed by atoms with E-state index in [4.69, 9.17) is 26.7 Å². The van der Waals surface area contributed by atoms with E-state index in [1.54, 1.807) is 0 Å². The molecule has 1 aliphatic heterocycles. The smallest absolute Gasteiger partial charge is 0.396 e. The Morgan fingerprint density at radius 1 is 1.36 bits per heavy atom. The predicted molar refractivity (Wildman–Crippen MR) is 125 cm³/mol. The minimum atomic E-state index is -5.01. The van der Waals surface area contributed by atoms with Crippen LogP contribution in [0, 0.1) is 32.0 Å². The fourth-order valence-electron chi connectivity index (χ4n) is 3.80. The maximum atomic E-state index is 13.4. The van der Waals surface area contributed by atoms with Gasteiger partial charge in [0.15, 0.2) is 5.54 Å². The Morgan fingerprint density at radius 2 is 2.00 bits per heavy atom. The number of benzene rings is 1. The first-order valence-corrected chi connectivity index (χ1v) is 11.9. The molecule has 2 aromatic rings. The number of aromatic nitrogens is 1. The maximum absolute atomic E-state index is 13.4. The maximum Gasteiger partial charge on any atom is 0.471 e. The molecular weight excluding hydrogens is 498 g/mol. The summed E-state index contributed by atoms with van der Waals surface area (Å²) in [4.78, 5) is 58.5. The number of hydrogen-bond acceptors (Lipinski definition) is 7. The molecule has 2 heterocycles. The van der Waals surface area contributed by atoms with Gasteiger partial charge in [-0.05, 0) is 37.6 Å². The van der Waals surface area contributed by atoms with Crippen molar-refractivity contribution >= 4 is 36.8 Å². The molecule has 14 heteroatoms. The zero-order chi connectivity index (χ0) is 27.0. The van der Waals surface area contributed by atoms with Crippen molar-refractivity contribution in [2.24, 2.45) is 7.05 Å². The van der Waals surface area contributed by atoms with Gasteiger partial charge in [-0.15, -0.1) is 6.42 Å². The van der Waals surface area contributed by atoms with E-state index < -0.39 is 43.5 Å². The molecule has 5 N–H and O–H groups in total. The number of nitrogens with two attached hydrogens (primary N) is 1. The summed E-state index contributed by atoms with van der Waals surface area (Å²) in [6, 6.07) is 3.62. The Kier molecular flexibility index (Phi) is 7.40. The van der Waals surface area contributed by atoms with Crippen LogP contribution in [0.1, 0.15) is 32.1 Å². The number of terminal acetylenes is 1. The van der Waals surface area contributed by atoms with E-state index in [-0.39, 0.29) is 47.1 Å². The van der Waals surface area contributed by atoms with Crippen LogP contribution in [0.2, 0.25) is 0 Å². The van der Waals surface area contributed by atoms with Gasteiger partial charge in [-0.2, -0.15) is 0 Å². The second-order valence-corrected chi connectivity index (χ2v) is 9.40. The Morgan fingerprint density at radius 3 is 2.50 bits per heavy atom. The largest absolute Gasteiger partial charge is 0.471 e. The van der Waals surface area contributed by atoms with Crippen LogP contribution in [0.3, 0.4) is 0 Å². The number of nitrogens with zero attached hydrogens (tertiary/aromatic N) is 2. The molecular formula is C22H24FN4O8P. The number of hydrogen-bond donors (Lipinski definition) is 4. The third kappa shape index (κ3) is 5.04. The molecule has 0 spiro atoms. The molecule has 0 unspecified atom stereocenters.